The van der Waals surface area contributed by atoms with Gasteiger partial charge in [-0.05, 0) is 36.8 Å². The maximum absolute atomic E-state index is 4.32. The molecule has 19 heavy (non-hydrogen) atoms. The summed E-state index contributed by atoms with van der Waals surface area (Å²) in [7, 11) is 0. The van der Waals surface area contributed by atoms with Gasteiger partial charge >= 0.3 is 0 Å². The third-order valence-electron chi connectivity index (χ3n) is 2.92. The van der Waals surface area contributed by atoms with Crippen molar-refractivity contribution in [2.75, 3.05) is 0 Å². The standard InChI is InChI=1S/C15H12N2.C2H6/c1-11-14(5-3-8-16-11)12-6-7-15-13(10-12)4-2-9-17-15;1-2/h2-10H,1H3;1-2H3. The highest BCUT2D eigenvalue weighted by Gasteiger charge is 2.03. The second-order valence-corrected chi connectivity index (χ2v) is 4.05. The van der Waals surface area contributed by atoms with Crippen LogP contribution < -0.4 is 0 Å². The van der Waals surface area contributed by atoms with Gasteiger partial charge in [0.15, 0.2) is 0 Å². The van der Waals surface area contributed by atoms with Gasteiger partial charge in [0.1, 0.15) is 0 Å². The Morgan fingerprint density at radius 3 is 2.37 bits per heavy atom. The van der Waals surface area contributed by atoms with E-state index in [-0.39, 0.29) is 0 Å². The second-order valence-electron chi connectivity index (χ2n) is 4.05. The zero-order valence-corrected chi connectivity index (χ0v) is 11.6. The summed E-state index contributed by atoms with van der Waals surface area (Å²) in [5.41, 5.74) is 4.45. The fourth-order valence-corrected chi connectivity index (χ4v) is 2.03. The van der Waals surface area contributed by atoms with Crippen LogP contribution in [0, 0.1) is 6.92 Å². The minimum atomic E-state index is 1.03. The first-order valence-electron chi connectivity index (χ1n) is 6.61. The summed E-state index contributed by atoms with van der Waals surface area (Å²) in [4.78, 5) is 8.64. The van der Waals surface area contributed by atoms with Gasteiger partial charge in [0.05, 0.1) is 5.52 Å². The topological polar surface area (TPSA) is 25.8 Å². The van der Waals surface area contributed by atoms with E-state index in [4.69, 9.17) is 0 Å². The minimum Gasteiger partial charge on any atom is -0.261 e. The van der Waals surface area contributed by atoms with Crippen LogP contribution in [0.4, 0.5) is 0 Å². The number of hydrogen-bond acceptors (Lipinski definition) is 2. The molecule has 0 aliphatic carbocycles. The lowest BCUT2D eigenvalue weighted by atomic mass is 10.0. The molecule has 2 heteroatoms. The van der Waals surface area contributed by atoms with Crippen molar-refractivity contribution >= 4 is 10.9 Å². The Balaban J connectivity index is 0.000000637. The Kier molecular flexibility index (Phi) is 4.24. The Labute approximate surface area is 114 Å². The van der Waals surface area contributed by atoms with E-state index in [1.165, 1.54) is 11.1 Å². The smallest absolute Gasteiger partial charge is 0.0702 e. The van der Waals surface area contributed by atoms with E-state index in [1.54, 1.807) is 0 Å². The highest BCUT2D eigenvalue weighted by atomic mass is 14.7. The average Bonchev–Trinajstić information content (AvgIpc) is 2.49. The van der Waals surface area contributed by atoms with Gasteiger partial charge in [-0.3, -0.25) is 9.97 Å². The lowest BCUT2D eigenvalue weighted by molar-refractivity contribution is 1.20. The van der Waals surface area contributed by atoms with Crippen LogP contribution in [0.15, 0.2) is 54.9 Å². The number of fused-ring (bicyclic) bond motifs is 1. The summed E-state index contributed by atoms with van der Waals surface area (Å²) in [5.74, 6) is 0. The first-order valence-corrected chi connectivity index (χ1v) is 6.61. The van der Waals surface area contributed by atoms with Gasteiger partial charge in [0.25, 0.3) is 0 Å². The van der Waals surface area contributed by atoms with Crippen LogP contribution in [0.5, 0.6) is 0 Å². The summed E-state index contributed by atoms with van der Waals surface area (Å²) in [6.07, 6.45) is 3.64. The highest BCUT2D eigenvalue weighted by Crippen LogP contribution is 2.24. The van der Waals surface area contributed by atoms with E-state index in [1.807, 2.05) is 45.3 Å². The van der Waals surface area contributed by atoms with E-state index in [0.29, 0.717) is 0 Å². The molecule has 0 N–H and O–H groups in total. The maximum Gasteiger partial charge on any atom is 0.0702 e. The van der Waals surface area contributed by atoms with Gasteiger partial charge in [-0.2, -0.15) is 0 Å². The second kappa shape index (κ2) is 6.10. The van der Waals surface area contributed by atoms with Crippen molar-refractivity contribution in [3.63, 3.8) is 0 Å². The quantitative estimate of drug-likeness (QED) is 0.629. The van der Waals surface area contributed by atoms with Crippen LogP contribution in [0.3, 0.4) is 0 Å². The van der Waals surface area contributed by atoms with E-state index in [2.05, 4.69) is 40.3 Å². The molecule has 0 fully saturated rings. The Morgan fingerprint density at radius 1 is 0.842 bits per heavy atom. The van der Waals surface area contributed by atoms with Gasteiger partial charge in [-0.25, -0.2) is 0 Å². The van der Waals surface area contributed by atoms with Crippen LogP contribution in [0.25, 0.3) is 22.0 Å². The minimum absolute atomic E-state index is 1.03. The lowest BCUT2D eigenvalue weighted by Crippen LogP contribution is -1.87. The number of nitrogens with zero attached hydrogens (tertiary/aromatic N) is 2. The molecule has 0 aliphatic rings. The van der Waals surface area contributed by atoms with Crippen molar-refractivity contribution in [1.82, 2.24) is 9.97 Å². The van der Waals surface area contributed by atoms with Crippen LogP contribution in [-0.2, 0) is 0 Å². The summed E-state index contributed by atoms with van der Waals surface area (Å²) >= 11 is 0. The third kappa shape index (κ3) is 2.79. The average molecular weight is 250 g/mol. The molecule has 0 atom stereocenters. The van der Waals surface area contributed by atoms with E-state index >= 15 is 0 Å². The van der Waals surface area contributed by atoms with E-state index in [0.717, 1.165) is 16.6 Å². The lowest BCUT2D eigenvalue weighted by Gasteiger charge is -2.05. The normalized spacial score (nSPS) is 9.84. The third-order valence-corrected chi connectivity index (χ3v) is 2.92. The molecule has 0 bridgehead atoms. The van der Waals surface area contributed by atoms with Crippen LogP contribution >= 0.6 is 0 Å². The number of aromatic nitrogens is 2. The van der Waals surface area contributed by atoms with Crippen molar-refractivity contribution in [1.29, 1.82) is 0 Å². The summed E-state index contributed by atoms with van der Waals surface area (Å²) in [6.45, 7) is 6.03. The Bertz CT molecular complexity index is 675. The predicted molar refractivity (Wildman–Crippen MR) is 81.1 cm³/mol. The molecular weight excluding hydrogens is 232 g/mol. The molecule has 0 saturated carbocycles. The summed E-state index contributed by atoms with van der Waals surface area (Å²) < 4.78 is 0. The SMILES string of the molecule is CC.Cc1ncccc1-c1ccc2ncccc2c1. The van der Waals surface area contributed by atoms with Gasteiger partial charge in [-0.1, -0.05) is 32.0 Å². The van der Waals surface area contributed by atoms with E-state index in [9.17, 15) is 0 Å². The molecule has 0 saturated heterocycles. The molecule has 3 rings (SSSR count). The molecule has 2 aromatic heterocycles. The first-order chi connectivity index (χ1) is 9.34. The number of hydrogen-bond donors (Lipinski definition) is 0. The van der Waals surface area contributed by atoms with Crippen molar-refractivity contribution < 1.29 is 0 Å². The van der Waals surface area contributed by atoms with E-state index < -0.39 is 0 Å². The molecule has 0 amide bonds. The van der Waals surface area contributed by atoms with Crippen LogP contribution in [-0.4, -0.2) is 9.97 Å². The fourth-order valence-electron chi connectivity index (χ4n) is 2.03. The number of rotatable bonds is 1. The monoisotopic (exact) mass is 250 g/mol. The van der Waals surface area contributed by atoms with Crippen LogP contribution in [0.2, 0.25) is 0 Å². The molecule has 0 radical (unpaired) electrons. The van der Waals surface area contributed by atoms with Crippen LogP contribution in [0.1, 0.15) is 19.5 Å². The number of aryl methyl sites for hydroxylation is 1. The Morgan fingerprint density at radius 2 is 1.58 bits per heavy atom. The molecule has 1 aromatic carbocycles. The largest absolute Gasteiger partial charge is 0.261 e. The van der Waals surface area contributed by atoms with Gasteiger partial charge in [-0.15, -0.1) is 0 Å². The highest BCUT2D eigenvalue weighted by molar-refractivity contribution is 5.84. The summed E-state index contributed by atoms with van der Waals surface area (Å²) in [5, 5.41) is 1.16. The van der Waals surface area contributed by atoms with Gasteiger partial charge in [0, 0.05) is 29.0 Å². The Hall–Kier alpha value is -2.22. The molecule has 0 unspecified atom stereocenters. The molecule has 96 valence electrons. The van der Waals surface area contributed by atoms with Crippen molar-refractivity contribution in [3.05, 3.63) is 60.6 Å². The molecule has 3 aromatic rings. The number of benzene rings is 1. The zero-order chi connectivity index (χ0) is 13.7. The zero-order valence-electron chi connectivity index (χ0n) is 11.6. The van der Waals surface area contributed by atoms with Crippen molar-refractivity contribution in [3.8, 4) is 11.1 Å². The fraction of sp³-hybridized carbons (Fsp3) is 0.176. The maximum atomic E-state index is 4.32. The van der Waals surface area contributed by atoms with Gasteiger partial charge < -0.3 is 0 Å². The molecule has 2 nitrogen and oxygen atoms in total. The molecule has 0 aliphatic heterocycles. The number of pyridine rings is 2. The molecule has 2 heterocycles. The molecule has 0 spiro atoms. The molecular formula is C17H18N2. The van der Waals surface area contributed by atoms with Crippen molar-refractivity contribution in [2.45, 2.75) is 20.8 Å². The van der Waals surface area contributed by atoms with Gasteiger partial charge in [0.2, 0.25) is 0 Å². The summed E-state index contributed by atoms with van der Waals surface area (Å²) in [6, 6.07) is 14.4. The predicted octanol–water partition coefficient (Wildman–Crippen LogP) is 4.63. The van der Waals surface area contributed by atoms with Crippen molar-refractivity contribution in [2.24, 2.45) is 0 Å². The first kappa shape index (κ1) is 13.2.